The first-order valence-electron chi connectivity index (χ1n) is 7.05. The molecule has 0 saturated carbocycles. The number of fused-ring (bicyclic) bond motifs is 1. The number of nitrogens with one attached hydrogen (secondary N) is 1. The molecule has 3 aromatic rings. The summed E-state index contributed by atoms with van der Waals surface area (Å²) >= 11 is 1.45. The predicted molar refractivity (Wildman–Crippen MR) is 80.7 cm³/mol. The smallest absolute Gasteiger partial charge is 0.294 e. The van der Waals surface area contributed by atoms with Crippen molar-refractivity contribution in [2.24, 2.45) is 7.05 Å². The molecule has 9 heteroatoms. The molecule has 3 aromatic heterocycles. The Morgan fingerprint density at radius 3 is 2.91 bits per heavy atom. The average molecular weight is 318 g/mol. The Hall–Kier alpha value is -2.13. The molecule has 4 rings (SSSR count). The lowest BCUT2D eigenvalue weighted by molar-refractivity contribution is 0.421. The molecule has 1 aliphatic heterocycles. The van der Waals surface area contributed by atoms with Crippen molar-refractivity contribution < 1.29 is 4.52 Å². The molecule has 0 amide bonds. The lowest BCUT2D eigenvalue weighted by Crippen LogP contribution is -2.20. The van der Waals surface area contributed by atoms with Gasteiger partial charge in [0, 0.05) is 7.05 Å². The molecule has 0 bridgehead atoms. The standard InChI is InChI=1S/C13H14N6O2S/c1-6-15-10(21-18-6)9-17-12-8(13(20)19(9)2)16-11(22-12)7-4-3-5-14-7/h7,14H,3-5H2,1-2H3. The number of aryl methyl sites for hydroxylation is 1. The van der Waals surface area contributed by atoms with E-state index in [9.17, 15) is 4.79 Å². The Bertz CT molecular complexity index is 905. The van der Waals surface area contributed by atoms with Crippen molar-refractivity contribution >= 4 is 21.7 Å². The van der Waals surface area contributed by atoms with Gasteiger partial charge < -0.3 is 9.84 Å². The fourth-order valence-corrected chi connectivity index (χ4v) is 3.63. The van der Waals surface area contributed by atoms with Crippen molar-refractivity contribution in [3.8, 4) is 11.7 Å². The molecule has 0 aliphatic carbocycles. The van der Waals surface area contributed by atoms with Crippen molar-refractivity contribution in [3.63, 3.8) is 0 Å². The Labute approximate surface area is 129 Å². The molecule has 22 heavy (non-hydrogen) atoms. The van der Waals surface area contributed by atoms with Gasteiger partial charge in [0.2, 0.25) is 5.82 Å². The van der Waals surface area contributed by atoms with Crippen LogP contribution >= 0.6 is 11.3 Å². The Kier molecular flexibility index (Phi) is 3.05. The third kappa shape index (κ3) is 2.04. The Morgan fingerprint density at radius 2 is 2.23 bits per heavy atom. The lowest BCUT2D eigenvalue weighted by atomic mass is 10.2. The number of hydrogen-bond acceptors (Lipinski definition) is 8. The second kappa shape index (κ2) is 4.96. The molecule has 1 atom stereocenters. The third-order valence-electron chi connectivity index (χ3n) is 3.74. The van der Waals surface area contributed by atoms with E-state index in [1.54, 1.807) is 14.0 Å². The van der Waals surface area contributed by atoms with Gasteiger partial charge in [-0.2, -0.15) is 4.98 Å². The van der Waals surface area contributed by atoms with Crippen LogP contribution in [0.4, 0.5) is 0 Å². The molecule has 8 nitrogen and oxygen atoms in total. The van der Waals surface area contributed by atoms with Crippen LogP contribution in [-0.2, 0) is 7.05 Å². The van der Waals surface area contributed by atoms with Gasteiger partial charge in [-0.25, -0.2) is 9.97 Å². The van der Waals surface area contributed by atoms with E-state index in [0.29, 0.717) is 22.0 Å². The highest BCUT2D eigenvalue weighted by atomic mass is 32.1. The van der Waals surface area contributed by atoms with Gasteiger partial charge in [0.05, 0.1) is 6.04 Å². The molecule has 0 radical (unpaired) electrons. The van der Waals surface area contributed by atoms with Gasteiger partial charge in [-0.3, -0.25) is 9.36 Å². The van der Waals surface area contributed by atoms with Crippen LogP contribution in [0.15, 0.2) is 9.32 Å². The monoisotopic (exact) mass is 318 g/mol. The highest BCUT2D eigenvalue weighted by molar-refractivity contribution is 7.18. The molecule has 1 unspecified atom stereocenters. The Balaban J connectivity index is 1.89. The van der Waals surface area contributed by atoms with Crippen LogP contribution in [0, 0.1) is 6.92 Å². The minimum Gasteiger partial charge on any atom is -0.331 e. The molecule has 1 fully saturated rings. The first-order valence-corrected chi connectivity index (χ1v) is 7.86. The largest absolute Gasteiger partial charge is 0.331 e. The topological polar surface area (TPSA) is 98.7 Å². The van der Waals surface area contributed by atoms with Gasteiger partial charge in [0.1, 0.15) is 5.01 Å². The molecule has 4 heterocycles. The summed E-state index contributed by atoms with van der Waals surface area (Å²) in [5, 5.41) is 8.05. The number of aromatic nitrogens is 5. The van der Waals surface area contributed by atoms with E-state index in [2.05, 4.69) is 25.4 Å². The number of nitrogens with zero attached hydrogens (tertiary/aromatic N) is 5. The van der Waals surface area contributed by atoms with E-state index in [1.165, 1.54) is 15.9 Å². The van der Waals surface area contributed by atoms with Gasteiger partial charge in [-0.15, -0.1) is 0 Å². The fraction of sp³-hybridized carbons (Fsp3) is 0.462. The first kappa shape index (κ1) is 13.5. The first-order chi connectivity index (χ1) is 10.6. The summed E-state index contributed by atoms with van der Waals surface area (Å²) in [5.74, 6) is 1.12. The van der Waals surface area contributed by atoms with Crippen LogP contribution in [0.5, 0.6) is 0 Å². The SMILES string of the molecule is Cc1noc(-c2nc3sc(C4CCCN4)nc3c(=O)n2C)n1. The molecule has 1 N–H and O–H groups in total. The molecule has 1 saturated heterocycles. The van der Waals surface area contributed by atoms with Crippen LogP contribution in [0.2, 0.25) is 0 Å². The van der Waals surface area contributed by atoms with Crippen LogP contribution in [0.1, 0.15) is 29.7 Å². The van der Waals surface area contributed by atoms with E-state index in [1.807, 2.05) is 0 Å². The molecule has 114 valence electrons. The van der Waals surface area contributed by atoms with Crippen LogP contribution in [0.25, 0.3) is 22.1 Å². The molecule has 0 spiro atoms. The molecule has 1 aliphatic rings. The predicted octanol–water partition coefficient (Wildman–Crippen LogP) is 1.17. The second-order valence-corrected chi connectivity index (χ2v) is 6.31. The fourth-order valence-electron chi connectivity index (χ4n) is 2.59. The van der Waals surface area contributed by atoms with Crippen LogP contribution in [-0.4, -0.2) is 31.2 Å². The summed E-state index contributed by atoms with van der Waals surface area (Å²) in [6.07, 6.45) is 2.16. The minimum atomic E-state index is -0.198. The zero-order valence-corrected chi connectivity index (χ0v) is 13.0. The molecule has 0 aromatic carbocycles. The normalized spacial score (nSPS) is 18.4. The van der Waals surface area contributed by atoms with Crippen molar-refractivity contribution in [2.45, 2.75) is 25.8 Å². The van der Waals surface area contributed by atoms with E-state index in [4.69, 9.17) is 4.52 Å². The van der Waals surface area contributed by atoms with Gasteiger partial charge in [0.25, 0.3) is 11.4 Å². The maximum atomic E-state index is 12.5. The van der Waals surface area contributed by atoms with E-state index >= 15 is 0 Å². The average Bonchev–Trinajstić information content (AvgIpc) is 3.21. The summed E-state index contributed by atoms with van der Waals surface area (Å²) in [5.41, 5.74) is 0.201. The second-order valence-electron chi connectivity index (χ2n) is 5.30. The van der Waals surface area contributed by atoms with Crippen molar-refractivity contribution in [1.82, 2.24) is 30.0 Å². The Morgan fingerprint density at radius 1 is 1.36 bits per heavy atom. The number of thiazole rings is 1. The van der Waals surface area contributed by atoms with Gasteiger partial charge >= 0.3 is 0 Å². The van der Waals surface area contributed by atoms with Crippen molar-refractivity contribution in [3.05, 3.63) is 21.2 Å². The maximum Gasteiger partial charge on any atom is 0.294 e. The zero-order chi connectivity index (χ0) is 15.3. The van der Waals surface area contributed by atoms with Crippen molar-refractivity contribution in [1.29, 1.82) is 0 Å². The highest BCUT2D eigenvalue weighted by Gasteiger charge is 2.23. The van der Waals surface area contributed by atoms with Gasteiger partial charge in [-0.05, 0) is 26.3 Å². The third-order valence-corrected chi connectivity index (χ3v) is 4.80. The number of hydrogen-bond donors (Lipinski definition) is 1. The molecular formula is C13H14N6O2S. The van der Waals surface area contributed by atoms with Crippen LogP contribution in [0.3, 0.4) is 0 Å². The quantitative estimate of drug-likeness (QED) is 0.757. The zero-order valence-electron chi connectivity index (χ0n) is 12.2. The van der Waals surface area contributed by atoms with Crippen molar-refractivity contribution in [2.75, 3.05) is 6.54 Å². The maximum absolute atomic E-state index is 12.5. The van der Waals surface area contributed by atoms with E-state index < -0.39 is 0 Å². The summed E-state index contributed by atoms with van der Waals surface area (Å²) in [6.45, 7) is 2.71. The van der Waals surface area contributed by atoms with Gasteiger partial charge in [-0.1, -0.05) is 16.5 Å². The summed E-state index contributed by atoms with van der Waals surface area (Å²) < 4.78 is 6.53. The number of rotatable bonds is 2. The molecular weight excluding hydrogens is 304 g/mol. The highest BCUT2D eigenvalue weighted by Crippen LogP contribution is 2.29. The van der Waals surface area contributed by atoms with E-state index in [-0.39, 0.29) is 17.5 Å². The summed E-state index contributed by atoms with van der Waals surface area (Å²) in [4.78, 5) is 26.3. The van der Waals surface area contributed by atoms with Gasteiger partial charge in [0.15, 0.2) is 16.2 Å². The van der Waals surface area contributed by atoms with E-state index in [0.717, 1.165) is 24.4 Å². The van der Waals surface area contributed by atoms with Crippen LogP contribution < -0.4 is 10.9 Å². The summed E-state index contributed by atoms with van der Waals surface area (Å²) in [6, 6.07) is 0.220. The summed E-state index contributed by atoms with van der Waals surface area (Å²) in [7, 11) is 1.64. The minimum absolute atomic E-state index is 0.198. The lowest BCUT2D eigenvalue weighted by Gasteiger charge is -2.03.